The summed E-state index contributed by atoms with van der Waals surface area (Å²) in [4.78, 5) is 13.5. The number of amides is 1. The molecular weight excluding hydrogens is 228 g/mol. The molecule has 1 aliphatic heterocycles. The third-order valence-electron chi connectivity index (χ3n) is 3.59. The van der Waals surface area contributed by atoms with Crippen molar-refractivity contribution in [3.05, 3.63) is 24.3 Å². The number of carbonyl (C=O) groups is 1. The van der Waals surface area contributed by atoms with Crippen LogP contribution in [-0.2, 0) is 11.3 Å². The SMILES string of the molecule is CC(=O)N1CCC[C@@H]1Cn1nnc2ccccc21. The zero-order valence-electron chi connectivity index (χ0n) is 10.4. The monoisotopic (exact) mass is 244 g/mol. The summed E-state index contributed by atoms with van der Waals surface area (Å²) in [5.74, 6) is 0.155. The van der Waals surface area contributed by atoms with Gasteiger partial charge in [-0.25, -0.2) is 4.68 Å². The highest BCUT2D eigenvalue weighted by Crippen LogP contribution is 2.20. The maximum Gasteiger partial charge on any atom is 0.219 e. The largest absolute Gasteiger partial charge is 0.338 e. The van der Waals surface area contributed by atoms with Crippen molar-refractivity contribution in [2.75, 3.05) is 6.54 Å². The quantitative estimate of drug-likeness (QED) is 0.803. The Morgan fingerprint density at radius 3 is 3.11 bits per heavy atom. The van der Waals surface area contributed by atoms with E-state index in [4.69, 9.17) is 0 Å². The Morgan fingerprint density at radius 2 is 2.28 bits per heavy atom. The number of para-hydroxylation sites is 1. The van der Waals surface area contributed by atoms with E-state index in [1.165, 1.54) is 0 Å². The van der Waals surface area contributed by atoms with Gasteiger partial charge in [-0.3, -0.25) is 4.79 Å². The lowest BCUT2D eigenvalue weighted by Gasteiger charge is -2.23. The van der Waals surface area contributed by atoms with Gasteiger partial charge in [0.25, 0.3) is 0 Å². The molecule has 0 bridgehead atoms. The van der Waals surface area contributed by atoms with Crippen molar-refractivity contribution < 1.29 is 4.79 Å². The number of rotatable bonds is 2. The van der Waals surface area contributed by atoms with E-state index in [1.54, 1.807) is 6.92 Å². The molecule has 94 valence electrons. The summed E-state index contributed by atoms with van der Waals surface area (Å²) in [5, 5.41) is 8.32. The van der Waals surface area contributed by atoms with Crippen LogP contribution in [0, 0.1) is 0 Å². The Bertz CT molecular complexity index is 577. The molecule has 1 saturated heterocycles. The molecule has 5 heteroatoms. The smallest absolute Gasteiger partial charge is 0.219 e. The first-order valence-corrected chi connectivity index (χ1v) is 6.31. The highest BCUT2D eigenvalue weighted by molar-refractivity contribution is 5.75. The molecule has 0 unspecified atom stereocenters. The molecule has 0 N–H and O–H groups in total. The average molecular weight is 244 g/mol. The molecule has 1 atom stereocenters. The molecule has 0 aliphatic carbocycles. The zero-order valence-corrected chi connectivity index (χ0v) is 10.4. The van der Waals surface area contributed by atoms with Gasteiger partial charge in [0.2, 0.25) is 5.91 Å². The second-order valence-electron chi connectivity index (χ2n) is 4.77. The fraction of sp³-hybridized carbons (Fsp3) is 0.462. The van der Waals surface area contributed by atoms with Crippen LogP contribution in [0.1, 0.15) is 19.8 Å². The predicted octanol–water partition coefficient (Wildman–Crippen LogP) is 1.44. The second kappa shape index (κ2) is 4.40. The molecule has 2 aromatic rings. The second-order valence-corrected chi connectivity index (χ2v) is 4.77. The van der Waals surface area contributed by atoms with Gasteiger partial charge in [-0.1, -0.05) is 17.3 Å². The van der Waals surface area contributed by atoms with E-state index in [1.807, 2.05) is 33.8 Å². The molecular formula is C13H16N4O. The van der Waals surface area contributed by atoms with Gasteiger partial charge in [0.05, 0.1) is 18.1 Å². The van der Waals surface area contributed by atoms with Crippen molar-refractivity contribution in [2.24, 2.45) is 0 Å². The number of fused-ring (bicyclic) bond motifs is 1. The fourth-order valence-electron chi connectivity index (χ4n) is 2.69. The molecule has 1 aromatic carbocycles. The van der Waals surface area contributed by atoms with Crippen molar-refractivity contribution in [3.63, 3.8) is 0 Å². The van der Waals surface area contributed by atoms with Crippen molar-refractivity contribution in [2.45, 2.75) is 32.4 Å². The lowest BCUT2D eigenvalue weighted by Crippen LogP contribution is -2.36. The van der Waals surface area contributed by atoms with Gasteiger partial charge in [-0.05, 0) is 25.0 Å². The van der Waals surface area contributed by atoms with E-state index in [0.29, 0.717) is 0 Å². The number of likely N-dealkylation sites (tertiary alicyclic amines) is 1. The van der Waals surface area contributed by atoms with Gasteiger partial charge < -0.3 is 4.90 Å². The van der Waals surface area contributed by atoms with Gasteiger partial charge in [0, 0.05) is 13.5 Å². The molecule has 1 aromatic heterocycles. The standard InChI is InChI=1S/C13H16N4O/c1-10(18)16-8-4-5-11(16)9-17-13-7-3-2-6-12(13)14-15-17/h2-3,6-7,11H,4-5,8-9H2,1H3/t11-/m1/s1. The van der Waals surface area contributed by atoms with Crippen LogP contribution in [0.3, 0.4) is 0 Å². The Labute approximate surface area is 105 Å². The van der Waals surface area contributed by atoms with Crippen LogP contribution in [0.15, 0.2) is 24.3 Å². The van der Waals surface area contributed by atoms with E-state index in [9.17, 15) is 4.79 Å². The van der Waals surface area contributed by atoms with Gasteiger partial charge in [-0.2, -0.15) is 0 Å². The molecule has 1 aliphatic rings. The molecule has 3 rings (SSSR count). The van der Waals surface area contributed by atoms with E-state index in [0.717, 1.165) is 37.0 Å². The van der Waals surface area contributed by atoms with Crippen molar-refractivity contribution in [1.82, 2.24) is 19.9 Å². The minimum Gasteiger partial charge on any atom is -0.338 e. The molecule has 0 radical (unpaired) electrons. The minimum absolute atomic E-state index is 0.155. The van der Waals surface area contributed by atoms with Gasteiger partial charge in [0.1, 0.15) is 5.52 Å². The van der Waals surface area contributed by atoms with Gasteiger partial charge in [0.15, 0.2) is 0 Å². The van der Waals surface area contributed by atoms with E-state index in [2.05, 4.69) is 10.3 Å². The summed E-state index contributed by atoms with van der Waals surface area (Å²) in [5.41, 5.74) is 1.94. The number of nitrogens with zero attached hydrogens (tertiary/aromatic N) is 4. The lowest BCUT2D eigenvalue weighted by molar-refractivity contribution is -0.129. The lowest BCUT2D eigenvalue weighted by atomic mass is 10.2. The van der Waals surface area contributed by atoms with E-state index < -0.39 is 0 Å². The van der Waals surface area contributed by atoms with Crippen molar-refractivity contribution in [1.29, 1.82) is 0 Å². The Hall–Kier alpha value is -1.91. The van der Waals surface area contributed by atoms with Gasteiger partial charge >= 0.3 is 0 Å². The van der Waals surface area contributed by atoms with Crippen molar-refractivity contribution >= 4 is 16.9 Å². The maximum absolute atomic E-state index is 11.5. The third kappa shape index (κ3) is 1.85. The highest BCUT2D eigenvalue weighted by Gasteiger charge is 2.27. The van der Waals surface area contributed by atoms with Gasteiger partial charge in [-0.15, -0.1) is 5.10 Å². The van der Waals surface area contributed by atoms with Crippen LogP contribution >= 0.6 is 0 Å². The third-order valence-corrected chi connectivity index (χ3v) is 3.59. The number of aromatic nitrogens is 3. The topological polar surface area (TPSA) is 51.0 Å². The summed E-state index contributed by atoms with van der Waals surface area (Å²) in [6.07, 6.45) is 2.13. The van der Waals surface area contributed by atoms with E-state index >= 15 is 0 Å². The molecule has 2 heterocycles. The zero-order chi connectivity index (χ0) is 12.5. The average Bonchev–Trinajstić information content (AvgIpc) is 2.97. The molecule has 0 saturated carbocycles. The van der Waals surface area contributed by atoms with Crippen LogP contribution in [0.5, 0.6) is 0 Å². The predicted molar refractivity (Wildman–Crippen MR) is 67.9 cm³/mol. The Morgan fingerprint density at radius 1 is 1.44 bits per heavy atom. The van der Waals surface area contributed by atoms with E-state index in [-0.39, 0.29) is 11.9 Å². The van der Waals surface area contributed by atoms with Crippen LogP contribution < -0.4 is 0 Å². The summed E-state index contributed by atoms with van der Waals surface area (Å²) in [6.45, 7) is 3.24. The molecule has 0 spiro atoms. The number of hydrogen-bond acceptors (Lipinski definition) is 3. The Balaban J connectivity index is 1.86. The van der Waals surface area contributed by atoms with Crippen LogP contribution in [0.2, 0.25) is 0 Å². The van der Waals surface area contributed by atoms with Crippen LogP contribution in [-0.4, -0.2) is 38.4 Å². The minimum atomic E-state index is 0.155. The number of carbonyl (C=O) groups excluding carboxylic acids is 1. The summed E-state index contributed by atoms with van der Waals surface area (Å²) < 4.78 is 1.90. The summed E-state index contributed by atoms with van der Waals surface area (Å²) >= 11 is 0. The normalized spacial score (nSPS) is 19.6. The first-order chi connectivity index (χ1) is 8.75. The number of hydrogen-bond donors (Lipinski definition) is 0. The Kier molecular flexibility index (Phi) is 2.74. The van der Waals surface area contributed by atoms with Crippen LogP contribution in [0.4, 0.5) is 0 Å². The molecule has 18 heavy (non-hydrogen) atoms. The maximum atomic E-state index is 11.5. The first-order valence-electron chi connectivity index (χ1n) is 6.31. The summed E-state index contributed by atoms with van der Waals surface area (Å²) in [7, 11) is 0. The molecule has 1 fully saturated rings. The molecule has 1 amide bonds. The molecule has 5 nitrogen and oxygen atoms in total. The first kappa shape index (κ1) is 11.2. The fourth-order valence-corrected chi connectivity index (χ4v) is 2.69. The highest BCUT2D eigenvalue weighted by atomic mass is 16.2. The van der Waals surface area contributed by atoms with Crippen molar-refractivity contribution in [3.8, 4) is 0 Å². The summed E-state index contributed by atoms with van der Waals surface area (Å²) in [6, 6.07) is 8.17. The number of benzene rings is 1. The van der Waals surface area contributed by atoms with Crippen LogP contribution in [0.25, 0.3) is 11.0 Å².